The summed E-state index contributed by atoms with van der Waals surface area (Å²) in [6.07, 6.45) is 0. The van der Waals surface area contributed by atoms with Gasteiger partial charge < -0.3 is 14.6 Å². The molecular weight excluding hydrogens is 388 g/mol. The number of thiophene rings is 1. The maximum absolute atomic E-state index is 12.6. The van der Waals surface area contributed by atoms with Gasteiger partial charge in [-0.15, -0.1) is 11.3 Å². The van der Waals surface area contributed by atoms with Gasteiger partial charge in [-0.1, -0.05) is 0 Å². The molecule has 6 nitrogen and oxygen atoms in total. The first kappa shape index (κ1) is 19.1. The van der Waals surface area contributed by atoms with Crippen LogP contribution in [-0.4, -0.2) is 28.8 Å². The maximum Gasteiger partial charge on any atom is 0.341 e. The molecule has 0 aliphatic carbocycles. The van der Waals surface area contributed by atoms with Crippen molar-refractivity contribution in [1.29, 1.82) is 0 Å². The molecule has 0 spiro atoms. The zero-order valence-electron chi connectivity index (χ0n) is 16.3. The van der Waals surface area contributed by atoms with Gasteiger partial charge in [-0.3, -0.25) is 9.59 Å². The number of ketones is 1. The number of carbonyl (C=O) groups excluding carboxylic acids is 3. The van der Waals surface area contributed by atoms with E-state index in [1.54, 1.807) is 31.2 Å². The Morgan fingerprint density at radius 2 is 1.86 bits per heavy atom. The van der Waals surface area contributed by atoms with Gasteiger partial charge >= 0.3 is 5.97 Å². The number of hydrogen-bond acceptors (Lipinski definition) is 5. The first-order valence-corrected chi connectivity index (χ1v) is 10.1. The molecule has 0 saturated heterocycles. The summed E-state index contributed by atoms with van der Waals surface area (Å²) in [6, 6.07) is 10.7. The summed E-state index contributed by atoms with van der Waals surface area (Å²) in [4.78, 5) is 36.9. The zero-order chi connectivity index (χ0) is 20.7. The fourth-order valence-corrected chi connectivity index (χ4v) is 4.51. The van der Waals surface area contributed by atoms with Crippen LogP contribution in [0.1, 0.15) is 50.5 Å². The van der Waals surface area contributed by atoms with Crippen molar-refractivity contribution in [3.05, 3.63) is 69.9 Å². The number of amides is 1. The van der Waals surface area contributed by atoms with E-state index in [0.717, 1.165) is 27.6 Å². The van der Waals surface area contributed by atoms with Gasteiger partial charge in [0.05, 0.1) is 11.5 Å². The smallest absolute Gasteiger partial charge is 0.341 e. The molecule has 1 aliphatic rings. The second kappa shape index (κ2) is 7.33. The molecule has 3 heterocycles. The topological polar surface area (TPSA) is 77.4 Å². The predicted octanol–water partition coefficient (Wildman–Crippen LogP) is 4.25. The van der Waals surface area contributed by atoms with E-state index in [9.17, 15) is 14.4 Å². The van der Waals surface area contributed by atoms with Crippen LogP contribution >= 0.6 is 11.3 Å². The molecule has 1 amide bonds. The molecule has 1 N–H and O–H groups in total. The Hall–Kier alpha value is -3.19. The quantitative estimate of drug-likeness (QED) is 0.506. The molecule has 1 aromatic carbocycles. The second-order valence-electron chi connectivity index (χ2n) is 7.10. The number of nitrogens with zero attached hydrogens (tertiary/aromatic N) is 1. The maximum atomic E-state index is 12.6. The van der Waals surface area contributed by atoms with E-state index in [0.29, 0.717) is 11.1 Å². The number of fused-ring (bicyclic) bond motifs is 1. The Kier molecular flexibility index (Phi) is 4.84. The Morgan fingerprint density at radius 1 is 1.14 bits per heavy atom. The molecule has 0 fully saturated rings. The Morgan fingerprint density at radius 3 is 2.59 bits per heavy atom. The summed E-state index contributed by atoms with van der Waals surface area (Å²) >= 11 is 1.45. The second-order valence-corrected chi connectivity index (χ2v) is 8.00. The molecule has 0 radical (unpaired) electrons. The number of hydrogen-bond donors (Lipinski definition) is 1. The lowest BCUT2D eigenvalue weighted by atomic mass is 9.99. The van der Waals surface area contributed by atoms with Crippen LogP contribution in [0, 0.1) is 13.8 Å². The molecule has 29 heavy (non-hydrogen) atoms. The molecule has 0 unspecified atom stereocenters. The molecule has 0 saturated carbocycles. The van der Waals surface area contributed by atoms with E-state index in [1.165, 1.54) is 11.3 Å². The first-order chi connectivity index (χ1) is 13.9. The van der Waals surface area contributed by atoms with Crippen molar-refractivity contribution < 1.29 is 19.1 Å². The molecule has 148 valence electrons. The van der Waals surface area contributed by atoms with Crippen molar-refractivity contribution in [3.63, 3.8) is 0 Å². The summed E-state index contributed by atoms with van der Waals surface area (Å²) < 4.78 is 7.31. The Labute approximate surface area is 172 Å². The molecule has 7 heteroatoms. The van der Waals surface area contributed by atoms with Crippen LogP contribution in [0.4, 0.5) is 5.69 Å². The van der Waals surface area contributed by atoms with Gasteiger partial charge in [0.2, 0.25) is 5.91 Å². The number of anilines is 1. The van der Waals surface area contributed by atoms with Crippen LogP contribution in [0.25, 0.3) is 5.00 Å². The number of aryl methyl sites for hydroxylation is 2. The van der Waals surface area contributed by atoms with Crippen LogP contribution in [0.2, 0.25) is 0 Å². The van der Waals surface area contributed by atoms with E-state index in [-0.39, 0.29) is 24.2 Å². The van der Waals surface area contributed by atoms with Crippen LogP contribution in [0.5, 0.6) is 0 Å². The van der Waals surface area contributed by atoms with Crippen LogP contribution < -0.4 is 5.32 Å². The number of benzene rings is 1. The van der Waals surface area contributed by atoms with Crippen molar-refractivity contribution in [2.75, 3.05) is 11.9 Å². The van der Waals surface area contributed by atoms with Gasteiger partial charge in [-0.2, -0.15) is 0 Å². The Bertz CT molecular complexity index is 1120. The minimum atomic E-state index is -0.534. The lowest BCUT2D eigenvalue weighted by molar-refractivity contribution is -0.116. The predicted molar refractivity (Wildman–Crippen MR) is 111 cm³/mol. The van der Waals surface area contributed by atoms with E-state index in [2.05, 4.69) is 5.32 Å². The summed E-state index contributed by atoms with van der Waals surface area (Å²) in [5.41, 5.74) is 4.39. The summed E-state index contributed by atoms with van der Waals surface area (Å²) in [7, 11) is 0. The average molecular weight is 408 g/mol. The van der Waals surface area contributed by atoms with Crippen molar-refractivity contribution >= 4 is 34.7 Å². The molecular formula is C22H20N2O4S. The number of nitrogens with one attached hydrogen (secondary N) is 1. The number of carbonyl (C=O) groups is 3. The number of rotatable bonds is 5. The normalized spacial score (nSPS) is 15.1. The summed E-state index contributed by atoms with van der Waals surface area (Å²) in [5, 5.41) is 5.38. The van der Waals surface area contributed by atoms with E-state index >= 15 is 0 Å². The van der Waals surface area contributed by atoms with Gasteiger partial charge in [0.25, 0.3) is 0 Å². The fraction of sp³-hybridized carbons (Fsp3) is 0.227. The van der Waals surface area contributed by atoms with Gasteiger partial charge in [0, 0.05) is 22.6 Å². The molecule has 3 aromatic rings. The van der Waals surface area contributed by atoms with Crippen molar-refractivity contribution in [2.45, 2.75) is 26.7 Å². The highest BCUT2D eigenvalue weighted by atomic mass is 32.1. The summed E-state index contributed by atoms with van der Waals surface area (Å²) in [5.74, 6) is -1.23. The molecule has 1 atom stereocenters. The minimum Gasteiger partial charge on any atom is -0.454 e. The van der Waals surface area contributed by atoms with Gasteiger partial charge in [-0.05, 0) is 68.1 Å². The van der Waals surface area contributed by atoms with Crippen LogP contribution in [0.3, 0.4) is 0 Å². The van der Waals surface area contributed by atoms with Gasteiger partial charge in [0.1, 0.15) is 5.00 Å². The van der Waals surface area contributed by atoms with Crippen molar-refractivity contribution in [2.24, 2.45) is 0 Å². The van der Waals surface area contributed by atoms with E-state index in [4.69, 9.17) is 4.74 Å². The third-order valence-electron chi connectivity index (χ3n) is 5.16. The lowest BCUT2D eigenvalue weighted by Crippen LogP contribution is -2.15. The highest BCUT2D eigenvalue weighted by Crippen LogP contribution is 2.33. The number of ether oxygens (including phenoxy) is 1. The largest absolute Gasteiger partial charge is 0.454 e. The van der Waals surface area contributed by atoms with Crippen LogP contribution in [0.15, 0.2) is 41.8 Å². The minimum absolute atomic E-state index is 0.0865. The zero-order valence-corrected chi connectivity index (χ0v) is 17.1. The fourth-order valence-electron chi connectivity index (χ4n) is 3.50. The van der Waals surface area contributed by atoms with E-state index < -0.39 is 5.97 Å². The number of esters is 1. The lowest BCUT2D eigenvalue weighted by Gasteiger charge is -2.10. The van der Waals surface area contributed by atoms with Crippen molar-refractivity contribution in [3.8, 4) is 5.00 Å². The molecule has 1 aliphatic heterocycles. The summed E-state index contributed by atoms with van der Waals surface area (Å²) in [6.45, 7) is 5.38. The highest BCUT2D eigenvalue weighted by Gasteiger charge is 2.27. The Balaban J connectivity index is 1.48. The monoisotopic (exact) mass is 408 g/mol. The number of Topliss-reactive ketones (excluding diaryl/α,β-unsaturated/α-hetero) is 1. The third kappa shape index (κ3) is 3.38. The molecule has 4 rings (SSSR count). The SMILES string of the molecule is Cc1ccc(C)n1-c1sccc1C(=O)OCC(=O)c1ccc2c(c1)[C@@H](C)C(=O)N2. The standard InChI is InChI=1S/C22H20N2O4S/c1-12-4-5-13(2)24(12)21-16(8-9-29-21)22(27)28-11-19(25)15-6-7-18-17(10-15)14(3)20(26)23-18/h4-10,14H,11H2,1-3H3,(H,23,26)/t14-/m1/s1. The number of aromatic nitrogens is 1. The van der Waals surface area contributed by atoms with Crippen molar-refractivity contribution in [1.82, 2.24) is 4.57 Å². The third-order valence-corrected chi connectivity index (χ3v) is 6.06. The van der Waals surface area contributed by atoms with Gasteiger partial charge in [0.15, 0.2) is 12.4 Å². The molecule has 0 bridgehead atoms. The molecule has 2 aromatic heterocycles. The first-order valence-electron chi connectivity index (χ1n) is 9.24. The highest BCUT2D eigenvalue weighted by molar-refractivity contribution is 7.13. The van der Waals surface area contributed by atoms with E-state index in [1.807, 2.05) is 35.9 Å². The van der Waals surface area contributed by atoms with Gasteiger partial charge in [-0.25, -0.2) is 4.79 Å². The van der Waals surface area contributed by atoms with Crippen LogP contribution in [-0.2, 0) is 9.53 Å². The average Bonchev–Trinajstić information content (AvgIpc) is 3.38.